The van der Waals surface area contributed by atoms with Crippen LogP contribution in [0.25, 0.3) is 0 Å². The van der Waals surface area contributed by atoms with Crippen LogP contribution in [0.1, 0.15) is 0 Å². The molecule has 4 heteroatoms. The highest BCUT2D eigenvalue weighted by atomic mass is 31.2. The molecule has 166 valence electrons. The zero-order valence-electron chi connectivity index (χ0n) is 19.0. The van der Waals surface area contributed by atoms with Crippen molar-refractivity contribution >= 4 is 34.2 Å². The van der Waals surface area contributed by atoms with Gasteiger partial charge in [0.1, 0.15) is 12.1 Å². The van der Waals surface area contributed by atoms with Crippen LogP contribution in [0.4, 0.5) is 11.4 Å². The number of anilines is 2. The first-order valence-corrected chi connectivity index (χ1v) is 13.1. The van der Waals surface area contributed by atoms with Crippen LogP contribution in [0, 0.1) is 22.7 Å². The second-order valence-corrected chi connectivity index (χ2v) is 11.4. The van der Waals surface area contributed by atoms with Gasteiger partial charge in [-0.1, -0.05) is 97.1 Å². The second kappa shape index (κ2) is 9.74. The van der Waals surface area contributed by atoms with E-state index in [0.29, 0.717) is 10.6 Å². The van der Waals surface area contributed by atoms with Crippen molar-refractivity contribution in [2.75, 3.05) is 4.90 Å². The first kappa shape index (κ1) is 22.2. The van der Waals surface area contributed by atoms with Gasteiger partial charge in [0.2, 0.25) is 0 Å². The Bertz CT molecular complexity index is 1460. The lowest BCUT2D eigenvalue weighted by Gasteiger charge is -2.34. The van der Waals surface area contributed by atoms with Crippen LogP contribution in [0.3, 0.4) is 0 Å². The normalized spacial score (nSPS) is 14.2. The van der Waals surface area contributed by atoms with E-state index in [4.69, 9.17) is 0 Å². The van der Waals surface area contributed by atoms with Crippen molar-refractivity contribution in [2.24, 2.45) is 0 Å². The zero-order chi connectivity index (χ0) is 24.1. The summed E-state index contributed by atoms with van der Waals surface area (Å²) in [4.78, 5) is 2.10. The van der Waals surface area contributed by atoms with Crippen molar-refractivity contribution < 1.29 is 0 Å². The van der Waals surface area contributed by atoms with Crippen molar-refractivity contribution in [2.45, 2.75) is 0 Å². The molecule has 0 aromatic heterocycles. The highest BCUT2D eigenvalue weighted by molar-refractivity contribution is 7.93. The van der Waals surface area contributed by atoms with Crippen molar-refractivity contribution in [1.29, 1.82) is 10.5 Å². The predicted molar refractivity (Wildman–Crippen MR) is 146 cm³/mol. The minimum absolute atomic E-state index is 0.612. The summed E-state index contributed by atoms with van der Waals surface area (Å²) in [6.45, 7) is -2.62. The molecule has 0 amide bonds. The SMILES string of the molecule is N#CC1=CC(N(c2ccccc2)c2ccccc2)=CC(C#N)=P1(c1ccccc1)c1ccccc1. The molecule has 35 heavy (non-hydrogen) atoms. The van der Waals surface area contributed by atoms with Gasteiger partial charge in [0.05, 0.1) is 10.6 Å². The zero-order valence-corrected chi connectivity index (χ0v) is 19.9. The number of nitrogens with zero attached hydrogens (tertiary/aromatic N) is 3. The van der Waals surface area contributed by atoms with E-state index >= 15 is 0 Å². The number of benzene rings is 4. The number of allylic oxidation sites excluding steroid dienone is 3. The number of hydrogen-bond acceptors (Lipinski definition) is 3. The molecule has 0 radical (unpaired) electrons. The van der Waals surface area contributed by atoms with Crippen LogP contribution >= 0.6 is 6.89 Å². The fourth-order valence-corrected chi connectivity index (χ4v) is 8.46. The Kier molecular flexibility index (Phi) is 6.19. The summed E-state index contributed by atoms with van der Waals surface area (Å²) >= 11 is 0. The van der Waals surface area contributed by atoms with Crippen LogP contribution in [0.2, 0.25) is 0 Å². The molecule has 4 aromatic carbocycles. The smallest absolute Gasteiger partial charge is 0.100 e. The second-order valence-electron chi connectivity index (χ2n) is 8.06. The van der Waals surface area contributed by atoms with E-state index < -0.39 is 6.89 Å². The average Bonchev–Trinajstić information content (AvgIpc) is 2.94. The number of hydrogen-bond donors (Lipinski definition) is 0. The molecule has 3 nitrogen and oxygen atoms in total. The van der Waals surface area contributed by atoms with E-state index in [2.05, 4.69) is 17.0 Å². The van der Waals surface area contributed by atoms with Gasteiger partial charge in [-0.3, -0.25) is 0 Å². The van der Waals surface area contributed by atoms with Gasteiger partial charge in [0.25, 0.3) is 0 Å². The molecule has 0 atom stereocenters. The van der Waals surface area contributed by atoms with Crippen LogP contribution in [0.5, 0.6) is 0 Å². The van der Waals surface area contributed by atoms with Crippen LogP contribution in [-0.2, 0) is 0 Å². The summed E-state index contributed by atoms with van der Waals surface area (Å²) in [5.74, 6) is 0. The first-order chi connectivity index (χ1) is 17.3. The molecule has 0 saturated carbocycles. The van der Waals surface area contributed by atoms with E-state index in [1.165, 1.54) is 0 Å². The van der Waals surface area contributed by atoms with Crippen LogP contribution in [0.15, 0.2) is 144 Å². The molecule has 0 unspecified atom stereocenters. The number of nitriles is 2. The molecule has 0 bridgehead atoms. The molecule has 0 N–H and O–H groups in total. The minimum Gasteiger partial charge on any atom is -0.310 e. The third kappa shape index (κ3) is 3.89. The Morgan fingerprint density at radius 2 is 0.943 bits per heavy atom. The van der Waals surface area contributed by atoms with Gasteiger partial charge in [0.15, 0.2) is 0 Å². The molecule has 0 aliphatic carbocycles. The topological polar surface area (TPSA) is 50.8 Å². The Morgan fingerprint density at radius 3 is 1.34 bits per heavy atom. The average molecular weight is 468 g/mol. The van der Waals surface area contributed by atoms with Crippen molar-refractivity contribution in [3.63, 3.8) is 0 Å². The fourth-order valence-electron chi connectivity index (χ4n) is 4.60. The number of para-hydroxylation sites is 2. The quantitative estimate of drug-likeness (QED) is 0.315. The summed E-state index contributed by atoms with van der Waals surface area (Å²) < 4.78 is 0. The largest absolute Gasteiger partial charge is 0.310 e. The van der Waals surface area contributed by atoms with Crippen LogP contribution < -0.4 is 15.5 Å². The van der Waals surface area contributed by atoms with Gasteiger partial charge in [-0.05, 0) is 47.0 Å². The van der Waals surface area contributed by atoms with E-state index in [0.717, 1.165) is 27.7 Å². The summed E-state index contributed by atoms with van der Waals surface area (Å²) in [6.07, 6.45) is 3.93. The van der Waals surface area contributed by atoms with Crippen molar-refractivity contribution in [3.05, 3.63) is 144 Å². The lowest BCUT2D eigenvalue weighted by atomic mass is 10.1. The summed E-state index contributed by atoms with van der Waals surface area (Å²) in [5, 5.41) is 24.3. The third-order valence-corrected chi connectivity index (χ3v) is 10.1. The standard InChI is InChI=1S/C31H22N3P/c32-23-30-21-27(34(25-13-5-1-6-14-25)26-15-7-2-8-16-26)22-31(24-33)35(30,28-17-9-3-10-18-28)29-19-11-4-12-20-29/h1-22H. The third-order valence-electron chi connectivity index (χ3n) is 6.09. The summed E-state index contributed by atoms with van der Waals surface area (Å²) in [5.41, 5.74) is 2.71. The van der Waals surface area contributed by atoms with E-state index in [1.807, 2.05) is 133 Å². The molecule has 1 aliphatic rings. The Labute approximate surface area is 206 Å². The Morgan fingerprint density at radius 1 is 0.514 bits per heavy atom. The Hall–Kier alpha value is -4.56. The molecule has 1 aliphatic heterocycles. The van der Waals surface area contributed by atoms with E-state index in [-0.39, 0.29) is 0 Å². The van der Waals surface area contributed by atoms with E-state index in [9.17, 15) is 10.5 Å². The van der Waals surface area contributed by atoms with Gasteiger partial charge in [0, 0.05) is 24.0 Å². The monoisotopic (exact) mass is 467 g/mol. The first-order valence-electron chi connectivity index (χ1n) is 11.3. The predicted octanol–water partition coefficient (Wildman–Crippen LogP) is 6.49. The summed E-state index contributed by atoms with van der Waals surface area (Å²) in [6, 6.07) is 45.1. The van der Waals surface area contributed by atoms with Gasteiger partial charge >= 0.3 is 0 Å². The Balaban J connectivity index is 1.86. The van der Waals surface area contributed by atoms with Crippen molar-refractivity contribution in [3.8, 4) is 12.1 Å². The van der Waals surface area contributed by atoms with E-state index in [1.54, 1.807) is 0 Å². The maximum absolute atomic E-state index is 10.5. The molecule has 0 saturated heterocycles. The van der Waals surface area contributed by atoms with Gasteiger partial charge in [-0.2, -0.15) is 10.5 Å². The molecular formula is C31H22N3P. The van der Waals surface area contributed by atoms with Crippen molar-refractivity contribution in [1.82, 2.24) is 0 Å². The lowest BCUT2D eigenvalue weighted by molar-refractivity contribution is 1.21. The minimum atomic E-state index is -2.62. The summed E-state index contributed by atoms with van der Waals surface area (Å²) in [7, 11) is 0. The van der Waals surface area contributed by atoms with Crippen LogP contribution in [-0.4, -0.2) is 5.29 Å². The highest BCUT2D eigenvalue weighted by Gasteiger charge is 2.35. The molecule has 0 spiro atoms. The molecule has 5 rings (SSSR count). The highest BCUT2D eigenvalue weighted by Crippen LogP contribution is 2.57. The maximum atomic E-state index is 10.5. The maximum Gasteiger partial charge on any atom is 0.100 e. The lowest BCUT2D eigenvalue weighted by Crippen LogP contribution is -2.26. The van der Waals surface area contributed by atoms with Gasteiger partial charge < -0.3 is 4.90 Å². The molecule has 1 heterocycles. The fraction of sp³-hybridized carbons (Fsp3) is 0. The molecule has 4 aromatic rings. The van der Waals surface area contributed by atoms with Gasteiger partial charge in [-0.25, -0.2) is 0 Å². The number of rotatable bonds is 5. The molecular weight excluding hydrogens is 445 g/mol. The molecule has 0 fully saturated rings. The van der Waals surface area contributed by atoms with Gasteiger partial charge in [-0.15, -0.1) is 0 Å².